The highest BCUT2D eigenvalue weighted by Crippen LogP contribution is 2.18. The van der Waals surface area contributed by atoms with Gasteiger partial charge in [-0.25, -0.2) is 0 Å². The molecule has 0 fully saturated rings. The van der Waals surface area contributed by atoms with Gasteiger partial charge in [-0.05, 0) is 61.0 Å². The second kappa shape index (κ2) is 10.3. The topological polar surface area (TPSA) is 90.5 Å². The fourth-order valence-corrected chi connectivity index (χ4v) is 3.01. The van der Waals surface area contributed by atoms with Crippen molar-refractivity contribution in [2.24, 2.45) is 0 Å². The molecule has 0 saturated carbocycles. The molecule has 164 valence electrons. The van der Waals surface area contributed by atoms with Gasteiger partial charge in [-0.15, -0.1) is 0 Å². The number of nitrogens with zero attached hydrogens (tertiary/aromatic N) is 1. The smallest absolute Gasteiger partial charge is 0.255 e. The van der Waals surface area contributed by atoms with Crippen LogP contribution in [-0.4, -0.2) is 43.3 Å². The van der Waals surface area contributed by atoms with Crippen LogP contribution in [0.2, 0.25) is 0 Å². The number of para-hydroxylation sites is 1. The Morgan fingerprint density at radius 3 is 2.06 bits per heavy atom. The van der Waals surface area contributed by atoms with Gasteiger partial charge in [0.2, 0.25) is 5.91 Å². The lowest BCUT2D eigenvalue weighted by atomic mass is 10.1. The maximum atomic E-state index is 12.5. The second-order valence-corrected chi connectivity index (χ2v) is 7.53. The van der Waals surface area contributed by atoms with Crippen molar-refractivity contribution >= 4 is 34.8 Å². The van der Waals surface area contributed by atoms with Gasteiger partial charge >= 0.3 is 0 Å². The Morgan fingerprint density at radius 2 is 1.41 bits per heavy atom. The summed E-state index contributed by atoms with van der Waals surface area (Å²) in [7, 11) is 3.37. The minimum absolute atomic E-state index is 0.0307. The van der Waals surface area contributed by atoms with Crippen molar-refractivity contribution in [3.05, 3.63) is 89.5 Å². The molecule has 0 radical (unpaired) electrons. The van der Waals surface area contributed by atoms with Gasteiger partial charge in [0, 0.05) is 42.3 Å². The first-order valence-corrected chi connectivity index (χ1v) is 10.2. The van der Waals surface area contributed by atoms with Crippen LogP contribution >= 0.6 is 0 Å². The Balaban J connectivity index is 1.59. The Kier molecular flexibility index (Phi) is 7.23. The lowest BCUT2D eigenvalue weighted by Gasteiger charge is -2.13. The van der Waals surface area contributed by atoms with Crippen LogP contribution in [0.25, 0.3) is 0 Å². The Bertz CT molecular complexity index is 1110. The van der Waals surface area contributed by atoms with Gasteiger partial charge in [0.15, 0.2) is 0 Å². The van der Waals surface area contributed by atoms with E-state index in [1.54, 1.807) is 50.5 Å². The summed E-state index contributed by atoms with van der Waals surface area (Å²) < 4.78 is 0. The van der Waals surface area contributed by atoms with Gasteiger partial charge in [0.1, 0.15) is 0 Å². The van der Waals surface area contributed by atoms with Gasteiger partial charge in [0.05, 0.1) is 6.54 Å². The Labute approximate surface area is 187 Å². The molecule has 0 bridgehead atoms. The normalized spacial score (nSPS) is 10.2. The van der Waals surface area contributed by atoms with Crippen LogP contribution in [-0.2, 0) is 4.79 Å². The molecule has 0 aromatic heterocycles. The van der Waals surface area contributed by atoms with Gasteiger partial charge in [0.25, 0.3) is 11.8 Å². The predicted octanol–water partition coefficient (Wildman–Crippen LogP) is 4.00. The third kappa shape index (κ3) is 5.95. The van der Waals surface area contributed by atoms with E-state index in [1.807, 2.05) is 43.3 Å². The molecule has 0 atom stereocenters. The molecule has 3 N–H and O–H groups in total. The first kappa shape index (κ1) is 22.6. The zero-order valence-electron chi connectivity index (χ0n) is 18.3. The molecular formula is C25H26N4O3. The molecule has 0 unspecified atom stereocenters. The lowest BCUT2D eigenvalue weighted by Crippen LogP contribution is -2.23. The fraction of sp³-hybridized carbons (Fsp3) is 0.160. The SMILES string of the molecule is Cc1ccc(C(=O)Nc2ccccc2)cc1NCC(=O)Nc1ccc(C(=O)N(C)C)cc1. The molecule has 0 saturated heterocycles. The van der Waals surface area contributed by atoms with Crippen LogP contribution in [0.1, 0.15) is 26.3 Å². The van der Waals surface area contributed by atoms with Gasteiger partial charge in [-0.2, -0.15) is 0 Å². The highest BCUT2D eigenvalue weighted by atomic mass is 16.2. The number of nitrogens with one attached hydrogen (secondary N) is 3. The number of amides is 3. The summed E-state index contributed by atoms with van der Waals surface area (Å²) in [6.45, 7) is 1.93. The average Bonchev–Trinajstić information content (AvgIpc) is 2.79. The molecule has 0 heterocycles. The van der Waals surface area contributed by atoms with E-state index < -0.39 is 0 Å². The van der Waals surface area contributed by atoms with Crippen LogP contribution < -0.4 is 16.0 Å². The number of carbonyl (C=O) groups excluding carboxylic acids is 3. The zero-order valence-corrected chi connectivity index (χ0v) is 18.3. The summed E-state index contributed by atoms with van der Waals surface area (Å²) in [5.41, 5.74) is 3.97. The van der Waals surface area contributed by atoms with Crippen molar-refractivity contribution in [2.75, 3.05) is 36.6 Å². The number of benzene rings is 3. The number of anilines is 3. The zero-order chi connectivity index (χ0) is 23.1. The summed E-state index contributed by atoms with van der Waals surface area (Å²) >= 11 is 0. The summed E-state index contributed by atoms with van der Waals surface area (Å²) in [5, 5.41) is 8.72. The number of aryl methyl sites for hydroxylation is 1. The van der Waals surface area contributed by atoms with Gasteiger partial charge < -0.3 is 20.9 Å². The van der Waals surface area contributed by atoms with Gasteiger partial charge in [-0.1, -0.05) is 24.3 Å². The molecule has 3 aromatic carbocycles. The number of rotatable bonds is 7. The summed E-state index contributed by atoms with van der Waals surface area (Å²) in [6, 6.07) is 21.2. The second-order valence-electron chi connectivity index (χ2n) is 7.53. The molecule has 0 aliphatic rings. The van der Waals surface area contributed by atoms with E-state index in [0.29, 0.717) is 28.2 Å². The minimum Gasteiger partial charge on any atom is -0.376 e. The van der Waals surface area contributed by atoms with Crippen LogP contribution in [0.4, 0.5) is 17.1 Å². The fourth-order valence-electron chi connectivity index (χ4n) is 3.01. The molecular weight excluding hydrogens is 404 g/mol. The predicted molar refractivity (Wildman–Crippen MR) is 127 cm³/mol. The highest BCUT2D eigenvalue weighted by Gasteiger charge is 2.11. The maximum absolute atomic E-state index is 12.5. The Morgan fingerprint density at radius 1 is 0.781 bits per heavy atom. The molecule has 3 aromatic rings. The molecule has 7 nitrogen and oxygen atoms in total. The van der Waals surface area contributed by atoms with E-state index in [-0.39, 0.29) is 24.3 Å². The number of hydrogen-bond donors (Lipinski definition) is 3. The molecule has 7 heteroatoms. The molecule has 0 aliphatic heterocycles. The molecule has 32 heavy (non-hydrogen) atoms. The maximum Gasteiger partial charge on any atom is 0.255 e. The average molecular weight is 431 g/mol. The largest absolute Gasteiger partial charge is 0.376 e. The van der Waals surface area contributed by atoms with Gasteiger partial charge in [-0.3, -0.25) is 14.4 Å². The van der Waals surface area contributed by atoms with E-state index in [9.17, 15) is 14.4 Å². The monoisotopic (exact) mass is 430 g/mol. The quantitative estimate of drug-likeness (QED) is 0.528. The third-order valence-electron chi connectivity index (χ3n) is 4.79. The van der Waals surface area contributed by atoms with Crippen molar-refractivity contribution in [1.82, 2.24) is 4.90 Å². The summed E-state index contributed by atoms with van der Waals surface area (Å²) in [6.07, 6.45) is 0. The van der Waals surface area contributed by atoms with E-state index >= 15 is 0 Å². The van der Waals surface area contributed by atoms with Crippen molar-refractivity contribution < 1.29 is 14.4 Å². The van der Waals surface area contributed by atoms with Crippen LogP contribution in [0, 0.1) is 6.92 Å². The minimum atomic E-state index is -0.241. The van der Waals surface area contributed by atoms with E-state index in [2.05, 4.69) is 16.0 Å². The lowest BCUT2D eigenvalue weighted by molar-refractivity contribution is -0.114. The third-order valence-corrected chi connectivity index (χ3v) is 4.79. The van der Waals surface area contributed by atoms with Crippen molar-refractivity contribution in [2.45, 2.75) is 6.92 Å². The van der Waals surface area contributed by atoms with E-state index in [0.717, 1.165) is 5.56 Å². The molecule has 3 rings (SSSR count). The first-order valence-electron chi connectivity index (χ1n) is 10.2. The molecule has 0 aliphatic carbocycles. The summed E-state index contributed by atoms with van der Waals surface area (Å²) in [5.74, 6) is -0.567. The van der Waals surface area contributed by atoms with Crippen LogP contribution in [0.15, 0.2) is 72.8 Å². The van der Waals surface area contributed by atoms with Crippen molar-refractivity contribution in [1.29, 1.82) is 0 Å². The van der Waals surface area contributed by atoms with Crippen LogP contribution in [0.3, 0.4) is 0 Å². The van der Waals surface area contributed by atoms with E-state index in [4.69, 9.17) is 0 Å². The van der Waals surface area contributed by atoms with Crippen LogP contribution in [0.5, 0.6) is 0 Å². The molecule has 3 amide bonds. The van der Waals surface area contributed by atoms with E-state index in [1.165, 1.54) is 4.90 Å². The Hall–Kier alpha value is -4.13. The summed E-state index contributed by atoms with van der Waals surface area (Å²) in [4.78, 5) is 38.3. The van der Waals surface area contributed by atoms with Crippen molar-refractivity contribution in [3.63, 3.8) is 0 Å². The first-order chi connectivity index (χ1) is 15.3. The number of hydrogen-bond acceptors (Lipinski definition) is 4. The number of carbonyl (C=O) groups is 3. The van der Waals surface area contributed by atoms with Crippen molar-refractivity contribution in [3.8, 4) is 0 Å². The standard InChI is InChI=1S/C25H26N4O3/c1-17-9-10-19(24(31)28-20-7-5-4-6-8-20)15-22(17)26-16-23(30)27-21-13-11-18(12-14-21)25(32)29(2)3/h4-15,26H,16H2,1-3H3,(H,27,30)(H,28,31). The highest BCUT2D eigenvalue weighted by molar-refractivity contribution is 6.05. The molecule has 0 spiro atoms.